The monoisotopic (exact) mass is 378 g/mol. The summed E-state index contributed by atoms with van der Waals surface area (Å²) >= 11 is 0. The van der Waals surface area contributed by atoms with Crippen LogP contribution < -0.4 is 9.47 Å². The Balaban J connectivity index is 2.00. The lowest BCUT2D eigenvalue weighted by molar-refractivity contribution is -0.268. The van der Waals surface area contributed by atoms with Crippen molar-refractivity contribution < 1.29 is 14.2 Å². The predicted octanol–water partition coefficient (Wildman–Crippen LogP) is 5.07. The second kappa shape index (κ2) is 12.2. The molecule has 2 rings (SSSR count). The molecule has 5 nitrogen and oxygen atoms in total. The molecule has 0 spiro atoms. The van der Waals surface area contributed by atoms with Crippen molar-refractivity contribution >= 4 is 0 Å². The molecule has 0 radical (unpaired) electrons. The molecule has 2 unspecified atom stereocenters. The quantitative estimate of drug-likeness (QED) is 0.475. The molecule has 27 heavy (non-hydrogen) atoms. The van der Waals surface area contributed by atoms with E-state index in [0.29, 0.717) is 0 Å². The van der Waals surface area contributed by atoms with Gasteiger partial charge in [-0.15, -0.1) is 0 Å². The fourth-order valence-electron chi connectivity index (χ4n) is 3.19. The highest BCUT2D eigenvalue weighted by Crippen LogP contribution is 2.32. The van der Waals surface area contributed by atoms with Crippen molar-refractivity contribution in [2.75, 3.05) is 27.2 Å². The molecule has 0 amide bonds. The third-order valence-corrected chi connectivity index (χ3v) is 4.99. The molecule has 2 atom stereocenters. The van der Waals surface area contributed by atoms with E-state index in [1.165, 1.54) is 38.5 Å². The van der Waals surface area contributed by atoms with Crippen molar-refractivity contribution in [3.05, 3.63) is 24.3 Å². The first-order chi connectivity index (χ1) is 13.2. The Morgan fingerprint density at radius 3 is 1.56 bits per heavy atom. The zero-order valence-corrected chi connectivity index (χ0v) is 17.7. The molecule has 154 valence electrons. The third kappa shape index (κ3) is 7.32. The van der Waals surface area contributed by atoms with Gasteiger partial charge in [0.05, 0.1) is 0 Å². The van der Waals surface area contributed by atoms with Gasteiger partial charge in [-0.05, 0) is 39.1 Å². The van der Waals surface area contributed by atoms with Gasteiger partial charge in [-0.25, -0.2) is 9.80 Å². The first-order valence-electron chi connectivity index (χ1n) is 10.6. The van der Waals surface area contributed by atoms with Gasteiger partial charge in [0.25, 0.3) is 12.8 Å². The van der Waals surface area contributed by atoms with Crippen LogP contribution >= 0.6 is 0 Å². The molecule has 0 fully saturated rings. The van der Waals surface area contributed by atoms with E-state index < -0.39 is 12.8 Å². The Morgan fingerprint density at radius 1 is 0.704 bits per heavy atom. The first-order valence-corrected chi connectivity index (χ1v) is 10.6. The summed E-state index contributed by atoms with van der Waals surface area (Å²) in [7, 11) is 4.12. The van der Waals surface area contributed by atoms with Crippen LogP contribution in [0.5, 0.6) is 11.5 Å². The van der Waals surface area contributed by atoms with Gasteiger partial charge in [0.1, 0.15) is 0 Å². The highest BCUT2D eigenvalue weighted by molar-refractivity contribution is 5.39. The van der Waals surface area contributed by atoms with Crippen molar-refractivity contribution in [2.24, 2.45) is 0 Å². The van der Waals surface area contributed by atoms with E-state index in [1.54, 1.807) is 0 Å². The molecule has 0 aliphatic carbocycles. The standard InChI is InChI=1S/C22H38N2O3/c1-5-7-9-13-17-23(3)21-25-19-15-11-12-16-20(19)26-22(27-21)24(4)18-14-10-8-6-2/h11-12,15-16,21-22H,5-10,13-14,17-18H2,1-4H3. The largest absolute Gasteiger partial charge is 0.447 e. The van der Waals surface area contributed by atoms with Gasteiger partial charge in [0, 0.05) is 13.1 Å². The fraction of sp³-hybridized carbons (Fsp3) is 0.727. The molecule has 0 N–H and O–H groups in total. The van der Waals surface area contributed by atoms with Gasteiger partial charge in [0.15, 0.2) is 11.5 Å². The minimum Gasteiger partial charge on any atom is -0.447 e. The average molecular weight is 379 g/mol. The van der Waals surface area contributed by atoms with Crippen molar-refractivity contribution in [1.82, 2.24) is 9.80 Å². The van der Waals surface area contributed by atoms with Crippen LogP contribution in [0.1, 0.15) is 65.2 Å². The van der Waals surface area contributed by atoms with Crippen molar-refractivity contribution in [3.8, 4) is 11.5 Å². The van der Waals surface area contributed by atoms with Gasteiger partial charge in [0.2, 0.25) is 0 Å². The molecular formula is C22H38N2O3. The summed E-state index contributed by atoms with van der Waals surface area (Å²) in [6, 6.07) is 7.82. The number of benzene rings is 1. The number of hydrogen-bond donors (Lipinski definition) is 0. The Labute approximate surface area is 165 Å². The zero-order chi connectivity index (χ0) is 19.5. The number of rotatable bonds is 12. The average Bonchev–Trinajstić information content (AvgIpc) is 2.88. The Kier molecular flexibility index (Phi) is 9.95. The van der Waals surface area contributed by atoms with E-state index in [4.69, 9.17) is 14.2 Å². The molecule has 0 saturated heterocycles. The van der Waals surface area contributed by atoms with Gasteiger partial charge >= 0.3 is 0 Å². The van der Waals surface area contributed by atoms with E-state index in [-0.39, 0.29) is 0 Å². The van der Waals surface area contributed by atoms with Crippen molar-refractivity contribution in [1.29, 1.82) is 0 Å². The SMILES string of the molecule is CCCCCCN(C)C1Oc2ccccc2OC(N(C)CCCCCC)O1. The second-order valence-corrected chi connectivity index (χ2v) is 7.52. The molecule has 1 aromatic carbocycles. The lowest BCUT2D eigenvalue weighted by Crippen LogP contribution is -2.47. The van der Waals surface area contributed by atoms with Crippen LogP contribution in [-0.2, 0) is 4.74 Å². The van der Waals surface area contributed by atoms with E-state index in [2.05, 4.69) is 37.7 Å². The van der Waals surface area contributed by atoms with Gasteiger partial charge in [-0.3, -0.25) is 4.74 Å². The van der Waals surface area contributed by atoms with Crippen LogP contribution in [0.25, 0.3) is 0 Å². The summed E-state index contributed by atoms with van der Waals surface area (Å²) in [5, 5.41) is 0. The number of nitrogens with zero attached hydrogens (tertiary/aromatic N) is 2. The summed E-state index contributed by atoms with van der Waals surface area (Å²) in [6.45, 7) is 6.35. The van der Waals surface area contributed by atoms with Crippen LogP contribution in [0.2, 0.25) is 0 Å². The minimum absolute atomic E-state index is 0.446. The third-order valence-electron chi connectivity index (χ3n) is 4.99. The van der Waals surface area contributed by atoms with Crippen LogP contribution in [-0.4, -0.2) is 49.8 Å². The minimum atomic E-state index is -0.446. The summed E-state index contributed by atoms with van der Waals surface area (Å²) in [5.74, 6) is 1.48. The van der Waals surface area contributed by atoms with Crippen LogP contribution in [0.3, 0.4) is 0 Å². The molecular weight excluding hydrogens is 340 g/mol. The van der Waals surface area contributed by atoms with E-state index >= 15 is 0 Å². The highest BCUT2D eigenvalue weighted by Gasteiger charge is 2.30. The first kappa shape index (κ1) is 22.0. The summed E-state index contributed by atoms with van der Waals surface area (Å²) < 4.78 is 18.5. The smallest absolute Gasteiger partial charge is 0.266 e. The number of unbranched alkanes of at least 4 members (excludes halogenated alkanes) is 6. The van der Waals surface area contributed by atoms with Crippen LogP contribution in [0, 0.1) is 0 Å². The Morgan fingerprint density at radius 2 is 1.15 bits per heavy atom. The number of hydrogen-bond acceptors (Lipinski definition) is 5. The van der Waals surface area contributed by atoms with Gasteiger partial charge in [-0.1, -0.05) is 64.5 Å². The van der Waals surface area contributed by atoms with Crippen molar-refractivity contribution in [3.63, 3.8) is 0 Å². The summed E-state index contributed by atoms with van der Waals surface area (Å²) in [6.07, 6.45) is 8.91. The summed E-state index contributed by atoms with van der Waals surface area (Å²) in [4.78, 5) is 4.28. The highest BCUT2D eigenvalue weighted by atomic mass is 16.8. The molecule has 5 heteroatoms. The predicted molar refractivity (Wildman–Crippen MR) is 110 cm³/mol. The van der Waals surface area contributed by atoms with Crippen LogP contribution in [0.15, 0.2) is 24.3 Å². The lowest BCUT2D eigenvalue weighted by Gasteiger charge is -2.31. The number of fused-ring (bicyclic) bond motifs is 1. The maximum Gasteiger partial charge on any atom is 0.266 e. The molecule has 1 aliphatic rings. The number of para-hydroxylation sites is 2. The Bertz CT molecular complexity index is 481. The van der Waals surface area contributed by atoms with E-state index in [1.807, 2.05) is 24.3 Å². The fourth-order valence-corrected chi connectivity index (χ4v) is 3.19. The molecule has 1 aliphatic heterocycles. The molecule has 0 saturated carbocycles. The molecule has 1 aromatic rings. The van der Waals surface area contributed by atoms with E-state index in [0.717, 1.165) is 37.4 Å². The molecule has 0 bridgehead atoms. The van der Waals surface area contributed by atoms with E-state index in [9.17, 15) is 0 Å². The van der Waals surface area contributed by atoms with Gasteiger partial charge in [-0.2, -0.15) is 0 Å². The number of ether oxygens (including phenoxy) is 3. The normalized spacial score (nSPS) is 19.5. The van der Waals surface area contributed by atoms with Crippen LogP contribution in [0.4, 0.5) is 0 Å². The zero-order valence-electron chi connectivity index (χ0n) is 17.7. The maximum atomic E-state index is 6.24. The lowest BCUT2D eigenvalue weighted by atomic mass is 10.2. The molecule has 0 aromatic heterocycles. The second-order valence-electron chi connectivity index (χ2n) is 7.52. The summed E-state index contributed by atoms with van der Waals surface area (Å²) in [5.41, 5.74) is 0. The topological polar surface area (TPSA) is 34.2 Å². The van der Waals surface area contributed by atoms with Crippen molar-refractivity contribution in [2.45, 2.75) is 78.0 Å². The van der Waals surface area contributed by atoms with Gasteiger partial charge < -0.3 is 9.47 Å². The maximum absolute atomic E-state index is 6.24. The molecule has 1 heterocycles. The Hall–Kier alpha value is -1.30.